The van der Waals surface area contributed by atoms with Crippen molar-refractivity contribution >= 4 is 14.8 Å². The summed E-state index contributed by atoms with van der Waals surface area (Å²) in [6.07, 6.45) is 3.97. The topological polar surface area (TPSA) is 0 Å². The monoisotopic (exact) mass is 156 g/mol. The Kier molecular flexibility index (Phi) is 4.88. The first kappa shape index (κ1) is 10.1. The van der Waals surface area contributed by atoms with Crippen molar-refractivity contribution in [1.82, 2.24) is 0 Å². The highest BCUT2D eigenvalue weighted by atomic mass is 28.2. The molecule has 60 valence electrons. The number of hydrogen-bond acceptors (Lipinski definition) is 0. The van der Waals surface area contributed by atoms with Gasteiger partial charge >= 0.3 is 0 Å². The Balaban J connectivity index is 3.73. The summed E-state index contributed by atoms with van der Waals surface area (Å²) in [5.41, 5.74) is 2.47. The van der Waals surface area contributed by atoms with E-state index in [1.54, 1.807) is 0 Å². The molecule has 0 spiro atoms. The Bertz CT molecular complexity index is 103. The molecule has 0 saturated carbocycles. The number of rotatable bonds is 4. The summed E-state index contributed by atoms with van der Waals surface area (Å²) in [7, 11) is 0.572. The molecular formula is C9H20Si. The highest BCUT2D eigenvalue weighted by Crippen LogP contribution is 2.26. The third-order valence-corrected chi connectivity index (χ3v) is 3.60. The zero-order valence-electron chi connectivity index (χ0n) is 7.78. The molecule has 0 N–H and O–H groups in total. The van der Waals surface area contributed by atoms with E-state index in [1.165, 1.54) is 19.3 Å². The predicted molar refractivity (Wildman–Crippen MR) is 52.5 cm³/mol. The van der Waals surface area contributed by atoms with E-state index in [2.05, 4.69) is 33.4 Å². The molecule has 0 nitrogen and oxygen atoms in total. The van der Waals surface area contributed by atoms with E-state index >= 15 is 0 Å². The van der Waals surface area contributed by atoms with Crippen molar-refractivity contribution in [2.45, 2.75) is 52.0 Å². The average molecular weight is 156 g/mol. The Morgan fingerprint density at radius 1 is 1.30 bits per heavy atom. The van der Waals surface area contributed by atoms with Gasteiger partial charge in [0.25, 0.3) is 0 Å². The van der Waals surface area contributed by atoms with Gasteiger partial charge in [-0.15, -0.1) is 5.67 Å². The minimum absolute atomic E-state index is 0.572. The highest BCUT2D eigenvalue weighted by molar-refractivity contribution is 6.50. The molecule has 0 fully saturated rings. The smallest absolute Gasteiger partial charge is 0.00586 e. The van der Waals surface area contributed by atoms with Gasteiger partial charge in [-0.1, -0.05) is 34.1 Å². The van der Waals surface area contributed by atoms with E-state index in [0.29, 0.717) is 14.2 Å². The van der Waals surface area contributed by atoms with Gasteiger partial charge in [0.15, 0.2) is 0 Å². The first-order chi connectivity index (χ1) is 4.62. The van der Waals surface area contributed by atoms with Crippen LogP contribution in [0.15, 0.2) is 0 Å². The van der Waals surface area contributed by atoms with Crippen LogP contribution in [0.4, 0.5) is 0 Å². The van der Waals surface area contributed by atoms with Gasteiger partial charge in [-0.2, -0.15) is 0 Å². The van der Waals surface area contributed by atoms with Crippen LogP contribution in [0.1, 0.15) is 47.0 Å². The predicted octanol–water partition coefficient (Wildman–Crippen LogP) is 2.63. The first-order valence-corrected chi connectivity index (χ1v) is 5.54. The van der Waals surface area contributed by atoms with Crippen LogP contribution in [-0.2, 0) is 0 Å². The van der Waals surface area contributed by atoms with Gasteiger partial charge in [-0.05, 0) is 27.0 Å². The maximum atomic E-state index is 2.47. The number of hydrogen-bond donors (Lipinski definition) is 0. The lowest BCUT2D eigenvalue weighted by Crippen LogP contribution is -2.07. The van der Waals surface area contributed by atoms with Crippen molar-refractivity contribution in [3.05, 3.63) is 0 Å². The molecule has 0 aliphatic carbocycles. The van der Waals surface area contributed by atoms with E-state index in [9.17, 15) is 0 Å². The largest absolute Gasteiger partial charge is 0.106 e. The molecule has 0 saturated heterocycles. The molecule has 0 bridgehead atoms. The SMILES string of the molecule is CCC=[SiH]C(C)(C)CCC. The maximum Gasteiger partial charge on any atom is -0.00586 e. The van der Waals surface area contributed by atoms with E-state index in [0.717, 1.165) is 0 Å². The zero-order chi connectivity index (χ0) is 8.04. The second kappa shape index (κ2) is 4.83. The summed E-state index contributed by atoms with van der Waals surface area (Å²) < 4.78 is 0. The van der Waals surface area contributed by atoms with E-state index < -0.39 is 0 Å². The molecule has 0 amide bonds. The molecule has 10 heavy (non-hydrogen) atoms. The average Bonchev–Trinajstić information content (AvgIpc) is 1.84. The fourth-order valence-corrected chi connectivity index (χ4v) is 2.49. The van der Waals surface area contributed by atoms with Gasteiger partial charge < -0.3 is 0 Å². The molecule has 0 atom stereocenters. The normalized spacial score (nSPS) is 12.8. The summed E-state index contributed by atoms with van der Waals surface area (Å²) in [6, 6.07) is 0. The van der Waals surface area contributed by atoms with Crippen LogP contribution >= 0.6 is 0 Å². The molecule has 0 aromatic heterocycles. The minimum Gasteiger partial charge on any atom is -0.106 e. The summed E-state index contributed by atoms with van der Waals surface area (Å²) in [6.45, 7) is 9.28. The van der Waals surface area contributed by atoms with Crippen LogP contribution in [0.25, 0.3) is 0 Å². The third kappa shape index (κ3) is 4.92. The third-order valence-electron chi connectivity index (χ3n) is 1.70. The van der Waals surface area contributed by atoms with Crippen LogP contribution in [-0.4, -0.2) is 14.8 Å². The van der Waals surface area contributed by atoms with Gasteiger partial charge in [0.2, 0.25) is 0 Å². The van der Waals surface area contributed by atoms with E-state index in [1.807, 2.05) is 0 Å². The Morgan fingerprint density at radius 2 is 1.90 bits per heavy atom. The second-order valence-electron chi connectivity index (χ2n) is 3.55. The minimum atomic E-state index is 0.572. The lowest BCUT2D eigenvalue weighted by atomic mass is 10.1. The summed E-state index contributed by atoms with van der Waals surface area (Å²) >= 11 is 0. The summed E-state index contributed by atoms with van der Waals surface area (Å²) in [4.78, 5) is 0. The molecular weight excluding hydrogens is 136 g/mol. The van der Waals surface area contributed by atoms with Gasteiger partial charge in [0, 0.05) is 0 Å². The Hall–Kier alpha value is 0.0869. The maximum absolute atomic E-state index is 2.47. The first-order valence-electron chi connectivity index (χ1n) is 4.30. The van der Waals surface area contributed by atoms with E-state index in [-0.39, 0.29) is 0 Å². The molecule has 0 aromatic carbocycles. The Labute approximate surface area is 67.5 Å². The molecule has 0 aliphatic rings. The summed E-state index contributed by atoms with van der Waals surface area (Å²) in [5.74, 6) is 0. The molecule has 0 rings (SSSR count). The van der Waals surface area contributed by atoms with Crippen LogP contribution < -0.4 is 0 Å². The molecule has 1 heteroatoms. The van der Waals surface area contributed by atoms with E-state index in [4.69, 9.17) is 0 Å². The van der Waals surface area contributed by atoms with Gasteiger partial charge in [-0.3, -0.25) is 0 Å². The van der Waals surface area contributed by atoms with Gasteiger partial charge in [0.05, 0.1) is 0 Å². The summed E-state index contributed by atoms with van der Waals surface area (Å²) in [5, 5.41) is 0.630. The van der Waals surface area contributed by atoms with Crippen molar-refractivity contribution in [3.63, 3.8) is 0 Å². The lowest BCUT2D eigenvalue weighted by molar-refractivity contribution is 0.599. The van der Waals surface area contributed by atoms with Crippen LogP contribution in [0.2, 0.25) is 5.04 Å². The van der Waals surface area contributed by atoms with Crippen molar-refractivity contribution in [2.24, 2.45) is 0 Å². The van der Waals surface area contributed by atoms with Crippen molar-refractivity contribution in [3.8, 4) is 0 Å². The van der Waals surface area contributed by atoms with Gasteiger partial charge in [-0.25, -0.2) is 0 Å². The fourth-order valence-electron chi connectivity index (χ4n) is 1.16. The zero-order valence-corrected chi connectivity index (χ0v) is 8.93. The second-order valence-corrected chi connectivity index (χ2v) is 5.92. The lowest BCUT2D eigenvalue weighted by Gasteiger charge is -2.18. The van der Waals surface area contributed by atoms with Gasteiger partial charge in [0.1, 0.15) is 0 Å². The van der Waals surface area contributed by atoms with Crippen LogP contribution in [0.3, 0.4) is 0 Å². The van der Waals surface area contributed by atoms with Crippen molar-refractivity contribution < 1.29 is 0 Å². The van der Waals surface area contributed by atoms with Crippen LogP contribution in [0, 0.1) is 0 Å². The fraction of sp³-hybridized carbons (Fsp3) is 0.889. The quantitative estimate of drug-likeness (QED) is 0.549. The molecule has 0 aliphatic heterocycles. The Morgan fingerprint density at radius 3 is 2.30 bits per heavy atom. The van der Waals surface area contributed by atoms with Crippen LogP contribution in [0.5, 0.6) is 0 Å². The highest BCUT2D eigenvalue weighted by Gasteiger charge is 2.10. The molecule has 0 aromatic rings. The van der Waals surface area contributed by atoms with Crippen molar-refractivity contribution in [1.29, 1.82) is 0 Å². The molecule has 0 heterocycles. The standard InChI is InChI=1S/C9H20Si/c1-5-7-9(3,4)10-8-6-2/h8,10H,5-7H2,1-4H3. The molecule has 0 radical (unpaired) electrons. The molecule has 0 unspecified atom stereocenters. The van der Waals surface area contributed by atoms with Crippen molar-refractivity contribution in [2.75, 3.05) is 0 Å².